The number of hydrogen-bond donors (Lipinski definition) is 2. The molecule has 3 nitrogen and oxygen atoms in total. The Balaban J connectivity index is 3.03. The Kier molecular flexibility index (Phi) is 4.53. The lowest BCUT2D eigenvalue weighted by Crippen LogP contribution is -2.26. The van der Waals surface area contributed by atoms with E-state index in [1.54, 1.807) is 0 Å². The molecule has 94 valence electrons. The second kappa shape index (κ2) is 5.50. The first-order valence-electron chi connectivity index (χ1n) is 4.66. The van der Waals surface area contributed by atoms with E-state index in [2.05, 4.69) is 26.6 Å². The molecular weight excluding hydrogens is 301 g/mol. The van der Waals surface area contributed by atoms with E-state index in [0.29, 0.717) is 4.47 Å². The summed E-state index contributed by atoms with van der Waals surface area (Å²) < 4.78 is 38.3. The van der Waals surface area contributed by atoms with Gasteiger partial charge in [-0.25, -0.2) is 0 Å². The number of rotatable bonds is 3. The van der Waals surface area contributed by atoms with Crippen LogP contribution in [0.25, 0.3) is 0 Å². The number of amides is 1. The molecule has 7 heteroatoms. The monoisotopic (exact) mass is 310 g/mol. The second-order valence-electron chi connectivity index (χ2n) is 3.27. The molecule has 1 aromatic rings. The van der Waals surface area contributed by atoms with Crippen molar-refractivity contribution < 1.29 is 18.0 Å². The van der Waals surface area contributed by atoms with Crippen LogP contribution in [-0.4, -0.2) is 19.5 Å². The standard InChI is InChI=1S/C10H10BrF3N2O/c1-15-5-9(17)16-8-3-2-6(11)4-7(8)10(12,13)14/h2-4,15H,5H2,1H3,(H,16,17). The van der Waals surface area contributed by atoms with Gasteiger partial charge in [-0.15, -0.1) is 0 Å². The summed E-state index contributed by atoms with van der Waals surface area (Å²) in [6, 6.07) is 3.57. The zero-order chi connectivity index (χ0) is 13.1. The van der Waals surface area contributed by atoms with Crippen LogP contribution in [0.3, 0.4) is 0 Å². The van der Waals surface area contributed by atoms with Crippen LogP contribution in [0.2, 0.25) is 0 Å². The molecule has 0 bridgehead atoms. The minimum atomic E-state index is -4.51. The van der Waals surface area contributed by atoms with Crippen LogP contribution in [-0.2, 0) is 11.0 Å². The molecule has 0 aliphatic rings. The maximum atomic E-state index is 12.7. The molecule has 0 heterocycles. The van der Waals surface area contributed by atoms with Crippen LogP contribution in [0.5, 0.6) is 0 Å². The number of likely N-dealkylation sites (N-methyl/N-ethyl adjacent to an activating group) is 1. The van der Waals surface area contributed by atoms with Crippen molar-refractivity contribution in [2.24, 2.45) is 0 Å². The normalized spacial score (nSPS) is 11.4. The predicted octanol–water partition coefficient (Wildman–Crippen LogP) is 2.63. The molecule has 0 unspecified atom stereocenters. The van der Waals surface area contributed by atoms with Gasteiger partial charge in [-0.3, -0.25) is 4.79 Å². The first-order chi connectivity index (χ1) is 7.84. The molecule has 2 N–H and O–H groups in total. The van der Waals surface area contributed by atoms with Crippen molar-refractivity contribution in [3.63, 3.8) is 0 Å². The van der Waals surface area contributed by atoms with E-state index in [4.69, 9.17) is 0 Å². The van der Waals surface area contributed by atoms with Crippen molar-refractivity contribution in [3.8, 4) is 0 Å². The molecule has 0 saturated carbocycles. The van der Waals surface area contributed by atoms with Crippen LogP contribution >= 0.6 is 15.9 Å². The van der Waals surface area contributed by atoms with Crippen molar-refractivity contribution in [3.05, 3.63) is 28.2 Å². The highest BCUT2D eigenvalue weighted by molar-refractivity contribution is 9.10. The Morgan fingerprint density at radius 2 is 2.06 bits per heavy atom. The molecular formula is C10H10BrF3N2O. The third-order valence-corrected chi connectivity index (χ3v) is 2.39. The number of carbonyl (C=O) groups is 1. The van der Waals surface area contributed by atoms with Gasteiger partial charge < -0.3 is 10.6 Å². The Labute approximate surface area is 105 Å². The Hall–Kier alpha value is -1.08. The van der Waals surface area contributed by atoms with Crippen molar-refractivity contribution in [1.29, 1.82) is 0 Å². The van der Waals surface area contributed by atoms with Crippen LogP contribution in [0.4, 0.5) is 18.9 Å². The molecule has 1 rings (SSSR count). The van der Waals surface area contributed by atoms with Crippen LogP contribution in [0.1, 0.15) is 5.56 Å². The van der Waals surface area contributed by atoms with Gasteiger partial charge in [-0.05, 0) is 25.2 Å². The van der Waals surface area contributed by atoms with Gasteiger partial charge in [0.2, 0.25) is 5.91 Å². The van der Waals surface area contributed by atoms with E-state index in [1.165, 1.54) is 19.2 Å². The molecule has 0 aliphatic heterocycles. The fourth-order valence-electron chi connectivity index (χ4n) is 1.21. The predicted molar refractivity (Wildman–Crippen MR) is 61.7 cm³/mol. The molecule has 17 heavy (non-hydrogen) atoms. The van der Waals surface area contributed by atoms with Crippen LogP contribution in [0.15, 0.2) is 22.7 Å². The average molecular weight is 311 g/mol. The summed E-state index contributed by atoms with van der Waals surface area (Å²) in [7, 11) is 1.53. The molecule has 0 saturated heterocycles. The van der Waals surface area contributed by atoms with Crippen molar-refractivity contribution in [1.82, 2.24) is 5.32 Å². The Bertz CT molecular complexity index is 421. The van der Waals surface area contributed by atoms with E-state index in [9.17, 15) is 18.0 Å². The van der Waals surface area contributed by atoms with E-state index in [0.717, 1.165) is 6.07 Å². The number of hydrogen-bond acceptors (Lipinski definition) is 2. The van der Waals surface area contributed by atoms with Gasteiger partial charge >= 0.3 is 6.18 Å². The van der Waals surface area contributed by atoms with Gasteiger partial charge in [0.25, 0.3) is 0 Å². The average Bonchev–Trinajstić information content (AvgIpc) is 2.19. The highest BCUT2D eigenvalue weighted by atomic mass is 79.9. The van der Waals surface area contributed by atoms with Gasteiger partial charge in [0.1, 0.15) is 0 Å². The molecule has 0 aliphatic carbocycles. The third kappa shape index (κ3) is 4.01. The van der Waals surface area contributed by atoms with E-state index in [-0.39, 0.29) is 12.2 Å². The largest absolute Gasteiger partial charge is 0.418 e. The van der Waals surface area contributed by atoms with Crippen molar-refractivity contribution in [2.75, 3.05) is 18.9 Å². The minimum Gasteiger partial charge on any atom is -0.324 e. The summed E-state index contributed by atoms with van der Waals surface area (Å²) in [6.45, 7) is -0.0483. The topological polar surface area (TPSA) is 41.1 Å². The molecule has 0 atom stereocenters. The summed E-state index contributed by atoms with van der Waals surface area (Å²) in [5.41, 5.74) is -1.13. The molecule has 0 radical (unpaired) electrons. The first-order valence-corrected chi connectivity index (χ1v) is 5.45. The summed E-state index contributed by atoms with van der Waals surface area (Å²) in [6.07, 6.45) is -4.51. The number of benzene rings is 1. The highest BCUT2D eigenvalue weighted by Crippen LogP contribution is 2.36. The molecule has 0 aromatic heterocycles. The second-order valence-corrected chi connectivity index (χ2v) is 4.18. The molecule has 1 amide bonds. The number of alkyl halides is 3. The third-order valence-electron chi connectivity index (χ3n) is 1.90. The van der Waals surface area contributed by atoms with Crippen molar-refractivity contribution >= 4 is 27.5 Å². The van der Waals surface area contributed by atoms with Gasteiger partial charge in [-0.2, -0.15) is 13.2 Å². The van der Waals surface area contributed by atoms with E-state index >= 15 is 0 Å². The van der Waals surface area contributed by atoms with Gasteiger partial charge in [0.15, 0.2) is 0 Å². The summed E-state index contributed by atoms with van der Waals surface area (Å²) >= 11 is 2.96. The fraction of sp³-hybridized carbons (Fsp3) is 0.300. The number of carbonyl (C=O) groups excluding carboxylic acids is 1. The Morgan fingerprint density at radius 3 is 2.59 bits per heavy atom. The first kappa shape index (κ1) is 14.0. The SMILES string of the molecule is CNCC(=O)Nc1ccc(Br)cc1C(F)(F)F. The maximum Gasteiger partial charge on any atom is 0.418 e. The van der Waals surface area contributed by atoms with Crippen molar-refractivity contribution in [2.45, 2.75) is 6.18 Å². The Morgan fingerprint density at radius 1 is 1.41 bits per heavy atom. The summed E-state index contributed by atoms with van der Waals surface area (Å²) in [5.74, 6) is -0.527. The lowest BCUT2D eigenvalue weighted by molar-refractivity contribution is -0.137. The van der Waals surface area contributed by atoms with Gasteiger partial charge in [-0.1, -0.05) is 15.9 Å². The minimum absolute atomic E-state index is 0.0483. The quantitative estimate of drug-likeness (QED) is 0.901. The van der Waals surface area contributed by atoms with E-state index < -0.39 is 17.6 Å². The number of anilines is 1. The molecule has 1 aromatic carbocycles. The van der Waals surface area contributed by atoms with Gasteiger partial charge in [0, 0.05) is 4.47 Å². The number of halogens is 4. The van der Waals surface area contributed by atoms with Crippen LogP contribution in [0, 0.1) is 0 Å². The van der Waals surface area contributed by atoms with E-state index in [1.807, 2.05) is 0 Å². The zero-order valence-corrected chi connectivity index (χ0v) is 10.4. The zero-order valence-electron chi connectivity index (χ0n) is 8.86. The summed E-state index contributed by atoms with van der Waals surface area (Å²) in [4.78, 5) is 11.2. The summed E-state index contributed by atoms with van der Waals surface area (Å²) in [5, 5.41) is 4.76. The maximum absolute atomic E-state index is 12.7. The van der Waals surface area contributed by atoms with Gasteiger partial charge in [0.05, 0.1) is 17.8 Å². The lowest BCUT2D eigenvalue weighted by atomic mass is 10.1. The van der Waals surface area contributed by atoms with Crippen LogP contribution < -0.4 is 10.6 Å². The molecule has 0 spiro atoms. The number of nitrogens with one attached hydrogen (secondary N) is 2. The fourth-order valence-corrected chi connectivity index (χ4v) is 1.58. The molecule has 0 fully saturated rings. The highest BCUT2D eigenvalue weighted by Gasteiger charge is 2.34. The lowest BCUT2D eigenvalue weighted by Gasteiger charge is -2.14. The smallest absolute Gasteiger partial charge is 0.324 e.